The largest absolute Gasteiger partial charge is 0.480 e. The number of nitrogens with two attached hydrogens (primary N) is 1. The van der Waals surface area contributed by atoms with Gasteiger partial charge in [-0.15, -0.1) is 0 Å². The Labute approximate surface area is 118 Å². The second-order valence-electron chi connectivity index (χ2n) is 5.53. The van der Waals surface area contributed by atoms with Crippen molar-refractivity contribution in [3.05, 3.63) is 0 Å². The zero-order valence-corrected chi connectivity index (χ0v) is 11.9. The summed E-state index contributed by atoms with van der Waals surface area (Å²) in [5.74, 6) is -0.842. The third kappa shape index (κ3) is 4.71. The highest BCUT2D eigenvalue weighted by atomic mass is 16.4. The highest BCUT2D eigenvalue weighted by molar-refractivity contribution is 5.83. The molecule has 0 aromatic rings. The van der Waals surface area contributed by atoms with Crippen LogP contribution in [0, 0.1) is 11.8 Å². The van der Waals surface area contributed by atoms with Crippen molar-refractivity contribution in [2.24, 2.45) is 17.6 Å². The number of carbonyl (C=O) groups excluding carboxylic acids is 2. The molecule has 7 nitrogen and oxygen atoms in total. The second kappa shape index (κ2) is 7.12. The molecule has 1 aliphatic rings. The third-order valence-electron chi connectivity index (χ3n) is 4.06. The van der Waals surface area contributed by atoms with E-state index < -0.39 is 23.9 Å². The molecule has 0 spiro atoms. The van der Waals surface area contributed by atoms with E-state index in [9.17, 15) is 14.4 Å². The van der Waals surface area contributed by atoms with Gasteiger partial charge in [-0.2, -0.15) is 0 Å². The van der Waals surface area contributed by atoms with Crippen LogP contribution in [0.5, 0.6) is 0 Å². The number of hydrogen-bond donors (Lipinski definition) is 4. The molecule has 114 valence electrons. The Morgan fingerprint density at radius 1 is 1.30 bits per heavy atom. The van der Waals surface area contributed by atoms with Crippen LogP contribution in [-0.2, 0) is 9.59 Å². The molecule has 0 aliphatic heterocycles. The van der Waals surface area contributed by atoms with Crippen LogP contribution in [0.3, 0.4) is 0 Å². The molecular formula is C13H23N3O4. The number of nitrogens with one attached hydrogen (secondary N) is 2. The number of urea groups is 1. The average molecular weight is 285 g/mol. The molecular weight excluding hydrogens is 262 g/mol. The van der Waals surface area contributed by atoms with Gasteiger partial charge in [-0.25, -0.2) is 9.59 Å². The fourth-order valence-corrected chi connectivity index (χ4v) is 2.48. The number of amides is 3. The van der Waals surface area contributed by atoms with E-state index in [1.54, 1.807) is 0 Å². The number of aliphatic carboxylic acids is 1. The van der Waals surface area contributed by atoms with Crippen LogP contribution in [0.15, 0.2) is 0 Å². The van der Waals surface area contributed by atoms with Crippen LogP contribution in [-0.4, -0.2) is 35.1 Å². The molecule has 0 radical (unpaired) electrons. The lowest BCUT2D eigenvalue weighted by Crippen LogP contribution is -2.50. The highest BCUT2D eigenvalue weighted by Crippen LogP contribution is 2.30. The molecule has 1 aliphatic carbocycles. The molecule has 1 rings (SSSR count). The molecule has 0 bridgehead atoms. The van der Waals surface area contributed by atoms with Gasteiger partial charge in [0.15, 0.2) is 0 Å². The van der Waals surface area contributed by atoms with Gasteiger partial charge in [0, 0.05) is 12.5 Å². The summed E-state index contributed by atoms with van der Waals surface area (Å²) in [7, 11) is 0. The van der Waals surface area contributed by atoms with Crippen molar-refractivity contribution in [2.75, 3.05) is 0 Å². The zero-order chi connectivity index (χ0) is 15.3. The molecule has 3 unspecified atom stereocenters. The van der Waals surface area contributed by atoms with Crippen LogP contribution >= 0.6 is 0 Å². The molecule has 7 heteroatoms. The maximum absolute atomic E-state index is 11.8. The van der Waals surface area contributed by atoms with Crippen LogP contribution in [0.2, 0.25) is 0 Å². The fourth-order valence-electron chi connectivity index (χ4n) is 2.48. The Morgan fingerprint density at radius 2 is 1.95 bits per heavy atom. The van der Waals surface area contributed by atoms with Crippen molar-refractivity contribution >= 4 is 17.9 Å². The minimum Gasteiger partial charge on any atom is -0.480 e. The summed E-state index contributed by atoms with van der Waals surface area (Å²) in [6.45, 7) is 4.21. The van der Waals surface area contributed by atoms with E-state index >= 15 is 0 Å². The lowest BCUT2D eigenvalue weighted by atomic mass is 9.98. The standard InChI is InChI=1S/C13H23N3O4/c1-7-3-4-9(8(7)2)15-13(20)16-10(12(18)19)5-6-11(14)17/h7-10H,3-6H2,1-2H3,(H2,14,17)(H,18,19)(H2,15,16,20)/t7?,8?,9?,10-/m1/s1. The van der Waals surface area contributed by atoms with Crippen molar-refractivity contribution in [2.45, 2.75) is 51.6 Å². The summed E-state index contributed by atoms with van der Waals surface area (Å²) in [5, 5.41) is 14.2. The first-order valence-electron chi connectivity index (χ1n) is 6.89. The Kier molecular flexibility index (Phi) is 5.79. The van der Waals surface area contributed by atoms with Crippen LogP contribution in [0.25, 0.3) is 0 Å². The number of primary amides is 1. The molecule has 4 atom stereocenters. The van der Waals surface area contributed by atoms with E-state index in [1.807, 2.05) is 0 Å². The van der Waals surface area contributed by atoms with Crippen LogP contribution in [0.1, 0.15) is 39.5 Å². The van der Waals surface area contributed by atoms with Crippen molar-refractivity contribution in [3.63, 3.8) is 0 Å². The number of carbonyl (C=O) groups is 3. The van der Waals surface area contributed by atoms with Gasteiger partial charge in [0.05, 0.1) is 0 Å². The summed E-state index contributed by atoms with van der Waals surface area (Å²) in [6, 6.07) is -1.54. The van der Waals surface area contributed by atoms with Gasteiger partial charge >= 0.3 is 12.0 Å². The molecule has 0 saturated heterocycles. The number of carboxylic acids is 1. The molecule has 0 aromatic heterocycles. The predicted molar refractivity (Wildman–Crippen MR) is 72.9 cm³/mol. The minimum atomic E-state index is -1.17. The van der Waals surface area contributed by atoms with Gasteiger partial charge in [-0.1, -0.05) is 13.8 Å². The van der Waals surface area contributed by atoms with Crippen molar-refractivity contribution in [1.82, 2.24) is 10.6 Å². The third-order valence-corrected chi connectivity index (χ3v) is 4.06. The first kappa shape index (κ1) is 16.3. The lowest BCUT2D eigenvalue weighted by Gasteiger charge is -2.21. The smallest absolute Gasteiger partial charge is 0.326 e. The maximum atomic E-state index is 11.8. The quantitative estimate of drug-likeness (QED) is 0.565. The molecule has 1 saturated carbocycles. The van der Waals surface area contributed by atoms with Crippen molar-refractivity contribution in [3.8, 4) is 0 Å². The summed E-state index contributed by atoms with van der Waals surface area (Å²) in [6.07, 6.45) is 1.87. The van der Waals surface area contributed by atoms with E-state index in [-0.39, 0.29) is 18.9 Å². The van der Waals surface area contributed by atoms with Gasteiger partial charge in [0.25, 0.3) is 0 Å². The monoisotopic (exact) mass is 285 g/mol. The maximum Gasteiger partial charge on any atom is 0.326 e. The summed E-state index contributed by atoms with van der Waals surface area (Å²) in [5.41, 5.74) is 4.98. The van der Waals surface area contributed by atoms with E-state index in [1.165, 1.54) is 0 Å². The lowest BCUT2D eigenvalue weighted by molar-refractivity contribution is -0.139. The zero-order valence-electron chi connectivity index (χ0n) is 11.9. The molecule has 3 amide bonds. The summed E-state index contributed by atoms with van der Waals surface area (Å²) in [4.78, 5) is 33.5. The highest BCUT2D eigenvalue weighted by Gasteiger charge is 2.31. The molecule has 1 fully saturated rings. The molecule has 20 heavy (non-hydrogen) atoms. The van der Waals surface area contributed by atoms with E-state index in [0.29, 0.717) is 11.8 Å². The second-order valence-corrected chi connectivity index (χ2v) is 5.53. The fraction of sp³-hybridized carbons (Fsp3) is 0.769. The van der Waals surface area contributed by atoms with E-state index in [4.69, 9.17) is 10.8 Å². The van der Waals surface area contributed by atoms with Gasteiger partial charge in [-0.05, 0) is 31.1 Å². The number of carboxylic acid groups (broad SMARTS) is 1. The Hall–Kier alpha value is -1.79. The number of rotatable bonds is 6. The Bertz CT molecular complexity index is 386. The van der Waals surface area contributed by atoms with Crippen LogP contribution in [0.4, 0.5) is 4.79 Å². The molecule has 5 N–H and O–H groups in total. The topological polar surface area (TPSA) is 122 Å². The number of hydrogen-bond acceptors (Lipinski definition) is 3. The first-order valence-corrected chi connectivity index (χ1v) is 6.89. The van der Waals surface area contributed by atoms with Gasteiger partial charge in [0.2, 0.25) is 5.91 Å². The SMILES string of the molecule is CC1CCC(NC(=O)N[C@H](CCC(N)=O)C(=O)O)C1C. The van der Waals surface area contributed by atoms with Crippen molar-refractivity contribution in [1.29, 1.82) is 0 Å². The average Bonchev–Trinajstić information content (AvgIpc) is 2.65. The van der Waals surface area contributed by atoms with Crippen LogP contribution < -0.4 is 16.4 Å². The predicted octanol–water partition coefficient (Wildman–Crippen LogP) is 0.439. The minimum absolute atomic E-state index is 0.00525. The Morgan fingerprint density at radius 3 is 2.40 bits per heavy atom. The first-order chi connectivity index (χ1) is 9.31. The summed E-state index contributed by atoms with van der Waals surface area (Å²) >= 11 is 0. The molecule has 0 aromatic carbocycles. The Balaban J connectivity index is 2.45. The normalized spacial score (nSPS) is 26.8. The van der Waals surface area contributed by atoms with E-state index in [0.717, 1.165) is 12.8 Å². The molecule has 0 heterocycles. The van der Waals surface area contributed by atoms with Gasteiger partial charge in [0.1, 0.15) is 6.04 Å². The van der Waals surface area contributed by atoms with Gasteiger partial charge < -0.3 is 21.5 Å². The van der Waals surface area contributed by atoms with Gasteiger partial charge in [-0.3, -0.25) is 4.79 Å². The summed E-state index contributed by atoms with van der Waals surface area (Å²) < 4.78 is 0. The van der Waals surface area contributed by atoms with Crippen molar-refractivity contribution < 1.29 is 19.5 Å². The van der Waals surface area contributed by atoms with E-state index in [2.05, 4.69) is 24.5 Å².